The number of rotatable bonds is 4. The van der Waals surface area contributed by atoms with E-state index in [-0.39, 0.29) is 5.91 Å². The quantitative estimate of drug-likeness (QED) is 0.909. The van der Waals surface area contributed by atoms with Gasteiger partial charge in [-0.2, -0.15) is 0 Å². The normalized spacial score (nSPS) is 19.0. The van der Waals surface area contributed by atoms with Crippen LogP contribution in [-0.4, -0.2) is 36.2 Å². The van der Waals surface area contributed by atoms with E-state index < -0.39 is 0 Å². The molecule has 0 aliphatic carbocycles. The Bertz CT molecular complexity index is 529. The van der Waals surface area contributed by atoms with Gasteiger partial charge in [-0.25, -0.2) is 0 Å². The zero-order valence-corrected chi connectivity index (χ0v) is 11.7. The van der Waals surface area contributed by atoms with Crippen molar-refractivity contribution in [2.24, 2.45) is 0 Å². The van der Waals surface area contributed by atoms with Gasteiger partial charge in [0.2, 0.25) is 5.91 Å². The molecule has 1 amide bonds. The van der Waals surface area contributed by atoms with Crippen LogP contribution < -0.4 is 5.32 Å². The van der Waals surface area contributed by atoms with Gasteiger partial charge in [-0.3, -0.25) is 9.59 Å². The first kappa shape index (κ1) is 13.3. The second-order valence-corrected chi connectivity index (χ2v) is 5.70. The number of carbonyl (C=O) groups excluding carboxylic acids is 2. The number of amides is 1. The molecule has 0 unspecified atom stereocenters. The Morgan fingerprint density at radius 2 is 1.95 bits per heavy atom. The lowest BCUT2D eigenvalue weighted by Gasteiger charge is -2.25. The number of nitrogens with one attached hydrogen (secondary N) is 1. The van der Waals surface area contributed by atoms with E-state index >= 15 is 0 Å². The lowest BCUT2D eigenvalue weighted by atomic mass is 10.0. The Kier molecular flexibility index (Phi) is 3.83. The van der Waals surface area contributed by atoms with Crippen LogP contribution in [0.2, 0.25) is 0 Å². The highest BCUT2D eigenvalue weighted by molar-refractivity contribution is 5.99. The number of benzene rings is 1. The summed E-state index contributed by atoms with van der Waals surface area (Å²) in [6, 6.07) is 6.26. The first-order valence-electron chi connectivity index (χ1n) is 7.36. The number of likely N-dealkylation sites (tertiary alicyclic amines) is 1. The molecule has 4 nitrogen and oxygen atoms in total. The predicted molar refractivity (Wildman–Crippen MR) is 77.8 cm³/mol. The van der Waals surface area contributed by atoms with Crippen molar-refractivity contribution in [3.63, 3.8) is 0 Å². The molecule has 2 aliphatic heterocycles. The van der Waals surface area contributed by atoms with Gasteiger partial charge in [0, 0.05) is 31.6 Å². The maximum atomic E-state index is 11.3. The van der Waals surface area contributed by atoms with Gasteiger partial charge in [0.05, 0.1) is 6.42 Å². The van der Waals surface area contributed by atoms with Crippen LogP contribution in [0.3, 0.4) is 0 Å². The minimum atomic E-state index is 0.0927. The number of anilines is 1. The summed E-state index contributed by atoms with van der Waals surface area (Å²) in [5.41, 5.74) is 3.39. The summed E-state index contributed by atoms with van der Waals surface area (Å²) in [7, 11) is 0. The van der Waals surface area contributed by atoms with Crippen molar-refractivity contribution < 1.29 is 9.59 Å². The molecule has 1 aromatic rings. The smallest absolute Gasteiger partial charge is 0.228 e. The zero-order valence-electron chi connectivity index (χ0n) is 11.7. The van der Waals surface area contributed by atoms with Crippen LogP contribution in [-0.2, 0) is 22.4 Å². The third-order valence-corrected chi connectivity index (χ3v) is 4.15. The molecule has 0 radical (unpaired) electrons. The highest BCUT2D eigenvalue weighted by Crippen LogP contribution is 2.24. The molecule has 1 fully saturated rings. The molecular formula is C16H20N2O2. The number of carbonyl (C=O) groups is 2. The fourth-order valence-corrected chi connectivity index (χ4v) is 2.97. The SMILES string of the molecule is O=C1CCN(CCCc2ccc3c(c2)CC(=O)N3)CC1. The summed E-state index contributed by atoms with van der Waals surface area (Å²) in [4.78, 5) is 24.9. The summed E-state index contributed by atoms with van der Waals surface area (Å²) >= 11 is 0. The van der Waals surface area contributed by atoms with E-state index in [1.54, 1.807) is 0 Å². The molecule has 4 heteroatoms. The molecule has 1 saturated heterocycles. The van der Waals surface area contributed by atoms with Crippen molar-refractivity contribution in [3.05, 3.63) is 29.3 Å². The Morgan fingerprint density at radius 3 is 2.75 bits per heavy atom. The first-order valence-corrected chi connectivity index (χ1v) is 7.36. The summed E-state index contributed by atoms with van der Waals surface area (Å²) in [5.74, 6) is 0.493. The van der Waals surface area contributed by atoms with Gasteiger partial charge in [-0.05, 0) is 36.6 Å². The van der Waals surface area contributed by atoms with Crippen molar-refractivity contribution in [2.45, 2.75) is 32.1 Å². The zero-order chi connectivity index (χ0) is 13.9. The number of nitrogens with zero attached hydrogens (tertiary/aromatic N) is 1. The van der Waals surface area contributed by atoms with Gasteiger partial charge >= 0.3 is 0 Å². The van der Waals surface area contributed by atoms with Crippen molar-refractivity contribution in [3.8, 4) is 0 Å². The fraction of sp³-hybridized carbons (Fsp3) is 0.500. The Balaban J connectivity index is 1.48. The van der Waals surface area contributed by atoms with Gasteiger partial charge in [0.25, 0.3) is 0 Å². The maximum absolute atomic E-state index is 11.3. The monoisotopic (exact) mass is 272 g/mol. The van der Waals surface area contributed by atoms with E-state index in [1.165, 1.54) is 5.56 Å². The minimum absolute atomic E-state index is 0.0927. The molecule has 0 saturated carbocycles. The molecule has 20 heavy (non-hydrogen) atoms. The lowest BCUT2D eigenvalue weighted by Crippen LogP contribution is -2.34. The van der Waals surface area contributed by atoms with E-state index in [1.807, 2.05) is 6.07 Å². The maximum Gasteiger partial charge on any atom is 0.228 e. The summed E-state index contributed by atoms with van der Waals surface area (Å²) < 4.78 is 0. The standard InChI is InChI=1S/C16H20N2O2/c19-14-5-8-18(9-6-14)7-1-2-12-3-4-15-13(10-12)11-16(20)17-15/h3-4,10H,1-2,5-9,11H2,(H,17,20). The average molecular weight is 272 g/mol. The molecule has 1 N–H and O–H groups in total. The predicted octanol–water partition coefficient (Wildman–Crippen LogP) is 1.78. The van der Waals surface area contributed by atoms with E-state index in [0.717, 1.165) is 43.7 Å². The van der Waals surface area contributed by atoms with Gasteiger partial charge in [-0.15, -0.1) is 0 Å². The second-order valence-electron chi connectivity index (χ2n) is 5.70. The second kappa shape index (κ2) is 5.75. The number of hydrogen-bond acceptors (Lipinski definition) is 3. The fourth-order valence-electron chi connectivity index (χ4n) is 2.97. The molecular weight excluding hydrogens is 252 g/mol. The molecule has 0 spiro atoms. The number of aryl methyl sites for hydroxylation is 1. The molecule has 2 heterocycles. The first-order chi connectivity index (χ1) is 9.70. The number of piperidine rings is 1. The van der Waals surface area contributed by atoms with Crippen molar-refractivity contribution in [2.75, 3.05) is 25.0 Å². The summed E-state index contributed by atoms with van der Waals surface area (Å²) in [5, 5.41) is 2.86. The molecule has 106 valence electrons. The van der Waals surface area contributed by atoms with Crippen LogP contribution in [0.4, 0.5) is 5.69 Å². The van der Waals surface area contributed by atoms with E-state index in [2.05, 4.69) is 22.3 Å². The van der Waals surface area contributed by atoms with E-state index in [0.29, 0.717) is 25.0 Å². The third-order valence-electron chi connectivity index (χ3n) is 4.15. The van der Waals surface area contributed by atoms with Crippen LogP contribution >= 0.6 is 0 Å². The minimum Gasteiger partial charge on any atom is -0.326 e. The van der Waals surface area contributed by atoms with Crippen LogP contribution in [0.5, 0.6) is 0 Å². The Morgan fingerprint density at radius 1 is 1.15 bits per heavy atom. The molecule has 0 atom stereocenters. The summed E-state index contributed by atoms with van der Waals surface area (Å²) in [6.45, 7) is 2.89. The van der Waals surface area contributed by atoms with Gasteiger partial charge in [-0.1, -0.05) is 12.1 Å². The number of Topliss-reactive ketones (excluding diaryl/α,β-unsaturated/α-hetero) is 1. The lowest BCUT2D eigenvalue weighted by molar-refractivity contribution is -0.121. The van der Waals surface area contributed by atoms with Gasteiger partial charge in [0.15, 0.2) is 0 Å². The average Bonchev–Trinajstić information content (AvgIpc) is 2.80. The van der Waals surface area contributed by atoms with Crippen LogP contribution in [0.15, 0.2) is 18.2 Å². The largest absolute Gasteiger partial charge is 0.326 e. The molecule has 2 aliphatic rings. The third kappa shape index (κ3) is 3.07. The molecule has 1 aromatic carbocycles. The molecule has 0 aromatic heterocycles. The van der Waals surface area contributed by atoms with Gasteiger partial charge in [0.1, 0.15) is 5.78 Å². The number of fused-ring (bicyclic) bond motifs is 1. The molecule has 3 rings (SSSR count). The Hall–Kier alpha value is -1.68. The van der Waals surface area contributed by atoms with Gasteiger partial charge < -0.3 is 10.2 Å². The highest BCUT2D eigenvalue weighted by atomic mass is 16.1. The van der Waals surface area contributed by atoms with Crippen molar-refractivity contribution in [1.82, 2.24) is 4.90 Å². The van der Waals surface area contributed by atoms with Crippen LogP contribution in [0.25, 0.3) is 0 Å². The van der Waals surface area contributed by atoms with Crippen molar-refractivity contribution >= 4 is 17.4 Å². The van der Waals surface area contributed by atoms with Crippen LogP contribution in [0.1, 0.15) is 30.4 Å². The van der Waals surface area contributed by atoms with Crippen LogP contribution in [0, 0.1) is 0 Å². The highest BCUT2D eigenvalue weighted by Gasteiger charge is 2.18. The van der Waals surface area contributed by atoms with Crippen molar-refractivity contribution in [1.29, 1.82) is 0 Å². The number of hydrogen-bond donors (Lipinski definition) is 1. The number of ketones is 1. The van der Waals surface area contributed by atoms with E-state index in [4.69, 9.17) is 0 Å². The molecule has 0 bridgehead atoms. The van der Waals surface area contributed by atoms with E-state index in [9.17, 15) is 9.59 Å². The summed E-state index contributed by atoms with van der Waals surface area (Å²) in [6.07, 6.45) is 4.08. The topological polar surface area (TPSA) is 49.4 Å². The Labute approximate surface area is 119 Å².